The second-order valence-electron chi connectivity index (χ2n) is 6.32. The summed E-state index contributed by atoms with van der Waals surface area (Å²) in [4.78, 5) is 12.4. The van der Waals surface area contributed by atoms with Crippen LogP contribution in [0.4, 0.5) is 14.5 Å². The van der Waals surface area contributed by atoms with E-state index in [1.165, 1.54) is 25.3 Å². The molecule has 0 aliphatic heterocycles. The van der Waals surface area contributed by atoms with Gasteiger partial charge in [-0.15, -0.1) is 0 Å². The number of methoxy groups -OCH3 is 1. The van der Waals surface area contributed by atoms with Crippen LogP contribution in [0.5, 0.6) is 11.5 Å². The molecule has 1 amide bonds. The number of carbonyl (C=O) groups excluding carboxylic acids is 1. The fourth-order valence-corrected chi connectivity index (χ4v) is 2.51. The number of rotatable bonds is 9. The van der Waals surface area contributed by atoms with Gasteiger partial charge in [0.1, 0.15) is 0 Å². The Morgan fingerprint density at radius 3 is 2.37 bits per heavy atom. The normalized spacial score (nSPS) is 12.0. The molecule has 2 aromatic rings. The quantitative estimate of drug-likeness (QED) is 0.688. The Kier molecular flexibility index (Phi) is 7.40. The van der Waals surface area contributed by atoms with E-state index in [1.807, 2.05) is 30.3 Å². The van der Waals surface area contributed by atoms with Gasteiger partial charge in [-0.05, 0) is 36.2 Å². The minimum absolute atomic E-state index is 0.0275. The van der Waals surface area contributed by atoms with Crippen molar-refractivity contribution in [2.24, 2.45) is 5.92 Å². The maximum absolute atomic E-state index is 12.4. The molecule has 0 aliphatic carbocycles. The summed E-state index contributed by atoms with van der Waals surface area (Å²) in [6.07, 6.45) is 0. The first-order valence-corrected chi connectivity index (χ1v) is 8.63. The van der Waals surface area contributed by atoms with Crippen LogP contribution in [0.15, 0.2) is 48.5 Å². The number of hydrogen-bond donors (Lipinski definition) is 2. The summed E-state index contributed by atoms with van der Waals surface area (Å²) in [6.45, 7) is 1.57. The standard InChI is InChI=1S/C20H24F2N2O3/c1-13(2)16(24-15-7-5-4-6-8-15)12-23-19(25)14-9-10-17(27-20(21)22)18(11-14)26-3/h4-11,13,16,20,24H,12H2,1-3H3,(H,23,25). The molecule has 1 unspecified atom stereocenters. The van der Waals surface area contributed by atoms with E-state index in [9.17, 15) is 13.6 Å². The van der Waals surface area contributed by atoms with Crippen LogP contribution in [0.1, 0.15) is 24.2 Å². The van der Waals surface area contributed by atoms with Crippen molar-refractivity contribution >= 4 is 11.6 Å². The largest absolute Gasteiger partial charge is 0.493 e. The molecule has 27 heavy (non-hydrogen) atoms. The highest BCUT2D eigenvalue weighted by molar-refractivity contribution is 5.94. The molecule has 2 rings (SSSR count). The first-order chi connectivity index (χ1) is 12.9. The molecule has 0 fully saturated rings. The highest BCUT2D eigenvalue weighted by Crippen LogP contribution is 2.29. The molecule has 0 bridgehead atoms. The van der Waals surface area contributed by atoms with Crippen LogP contribution < -0.4 is 20.1 Å². The molecule has 2 aromatic carbocycles. The van der Waals surface area contributed by atoms with Gasteiger partial charge in [0.05, 0.1) is 7.11 Å². The number of anilines is 1. The van der Waals surface area contributed by atoms with Gasteiger partial charge in [0.2, 0.25) is 0 Å². The monoisotopic (exact) mass is 378 g/mol. The number of benzene rings is 2. The van der Waals surface area contributed by atoms with Gasteiger partial charge < -0.3 is 20.1 Å². The lowest BCUT2D eigenvalue weighted by atomic mass is 10.0. The van der Waals surface area contributed by atoms with Crippen LogP contribution in [0, 0.1) is 5.92 Å². The van der Waals surface area contributed by atoms with Gasteiger partial charge in [-0.1, -0.05) is 32.0 Å². The van der Waals surface area contributed by atoms with Crippen molar-refractivity contribution in [1.82, 2.24) is 5.32 Å². The van der Waals surface area contributed by atoms with Crippen molar-refractivity contribution in [2.75, 3.05) is 19.0 Å². The molecule has 0 spiro atoms. The zero-order valence-corrected chi connectivity index (χ0v) is 15.5. The average Bonchev–Trinajstić information content (AvgIpc) is 2.65. The second kappa shape index (κ2) is 9.75. The molecule has 0 aromatic heterocycles. The molecule has 2 N–H and O–H groups in total. The lowest BCUT2D eigenvalue weighted by Crippen LogP contribution is -2.39. The third-order valence-electron chi connectivity index (χ3n) is 4.05. The molecule has 0 aliphatic rings. The first kappa shape index (κ1) is 20.5. The Hall–Kier alpha value is -2.83. The van der Waals surface area contributed by atoms with Crippen molar-refractivity contribution in [3.8, 4) is 11.5 Å². The van der Waals surface area contributed by atoms with E-state index in [0.717, 1.165) is 5.69 Å². The van der Waals surface area contributed by atoms with Crippen molar-refractivity contribution in [1.29, 1.82) is 0 Å². The predicted octanol–water partition coefficient (Wildman–Crippen LogP) is 4.16. The van der Waals surface area contributed by atoms with Crippen LogP contribution in [0.3, 0.4) is 0 Å². The minimum atomic E-state index is -2.96. The highest BCUT2D eigenvalue weighted by Gasteiger charge is 2.17. The Morgan fingerprint density at radius 1 is 1.07 bits per heavy atom. The number of para-hydroxylation sites is 1. The fourth-order valence-electron chi connectivity index (χ4n) is 2.51. The van der Waals surface area contributed by atoms with E-state index >= 15 is 0 Å². The van der Waals surface area contributed by atoms with Crippen LogP contribution >= 0.6 is 0 Å². The van der Waals surface area contributed by atoms with Gasteiger partial charge in [-0.3, -0.25) is 4.79 Å². The van der Waals surface area contributed by atoms with Crippen LogP contribution in [-0.4, -0.2) is 32.2 Å². The van der Waals surface area contributed by atoms with Crippen molar-refractivity contribution in [3.05, 3.63) is 54.1 Å². The lowest BCUT2D eigenvalue weighted by Gasteiger charge is -2.24. The molecular formula is C20H24F2N2O3. The van der Waals surface area contributed by atoms with Gasteiger partial charge in [0, 0.05) is 23.8 Å². The molecule has 0 saturated heterocycles. The number of halogens is 2. The Labute approximate surface area is 157 Å². The Balaban J connectivity index is 2.02. The minimum Gasteiger partial charge on any atom is -0.493 e. The SMILES string of the molecule is COc1cc(C(=O)NCC(Nc2ccccc2)C(C)C)ccc1OC(F)F. The van der Waals surface area contributed by atoms with Gasteiger partial charge in [0.15, 0.2) is 11.5 Å². The average molecular weight is 378 g/mol. The number of ether oxygens (including phenoxy) is 2. The fraction of sp³-hybridized carbons (Fsp3) is 0.350. The number of alkyl halides is 2. The van der Waals surface area contributed by atoms with E-state index in [0.29, 0.717) is 12.1 Å². The van der Waals surface area contributed by atoms with Gasteiger partial charge in [-0.2, -0.15) is 8.78 Å². The van der Waals surface area contributed by atoms with E-state index in [1.54, 1.807) is 0 Å². The number of carbonyl (C=O) groups is 1. The first-order valence-electron chi connectivity index (χ1n) is 8.63. The number of hydrogen-bond acceptors (Lipinski definition) is 4. The lowest BCUT2D eigenvalue weighted by molar-refractivity contribution is -0.0512. The maximum Gasteiger partial charge on any atom is 0.387 e. The Morgan fingerprint density at radius 2 is 1.78 bits per heavy atom. The number of amides is 1. The molecule has 146 valence electrons. The van der Waals surface area contributed by atoms with E-state index in [-0.39, 0.29) is 29.4 Å². The molecule has 0 radical (unpaired) electrons. The zero-order valence-electron chi connectivity index (χ0n) is 15.5. The summed E-state index contributed by atoms with van der Waals surface area (Å²) >= 11 is 0. The van der Waals surface area contributed by atoms with E-state index in [2.05, 4.69) is 29.2 Å². The summed E-state index contributed by atoms with van der Waals surface area (Å²) in [7, 11) is 1.33. The van der Waals surface area contributed by atoms with Gasteiger partial charge >= 0.3 is 6.61 Å². The number of nitrogens with one attached hydrogen (secondary N) is 2. The Bertz CT molecular complexity index is 739. The summed E-state index contributed by atoms with van der Waals surface area (Å²) in [5.41, 5.74) is 1.27. The van der Waals surface area contributed by atoms with Gasteiger partial charge in [0.25, 0.3) is 5.91 Å². The van der Waals surface area contributed by atoms with Gasteiger partial charge in [-0.25, -0.2) is 0 Å². The topological polar surface area (TPSA) is 59.6 Å². The van der Waals surface area contributed by atoms with Crippen LogP contribution in [0.2, 0.25) is 0 Å². The smallest absolute Gasteiger partial charge is 0.387 e. The third kappa shape index (κ3) is 6.13. The summed E-state index contributed by atoms with van der Waals surface area (Å²) in [5, 5.41) is 6.26. The second-order valence-corrected chi connectivity index (χ2v) is 6.32. The van der Waals surface area contributed by atoms with E-state index < -0.39 is 6.61 Å². The molecule has 7 heteroatoms. The van der Waals surface area contributed by atoms with Crippen LogP contribution in [-0.2, 0) is 0 Å². The molecule has 0 saturated carbocycles. The molecule has 1 atom stereocenters. The van der Waals surface area contributed by atoms with Crippen molar-refractivity contribution < 1.29 is 23.0 Å². The third-order valence-corrected chi connectivity index (χ3v) is 4.05. The summed E-state index contributed by atoms with van der Waals surface area (Å²) in [5.74, 6) is -0.0834. The predicted molar refractivity (Wildman–Crippen MR) is 101 cm³/mol. The zero-order chi connectivity index (χ0) is 19.8. The van der Waals surface area contributed by atoms with Crippen molar-refractivity contribution in [2.45, 2.75) is 26.5 Å². The summed E-state index contributed by atoms with van der Waals surface area (Å²) in [6, 6.07) is 13.9. The molecule has 5 nitrogen and oxygen atoms in total. The van der Waals surface area contributed by atoms with Crippen LogP contribution in [0.25, 0.3) is 0 Å². The molecular weight excluding hydrogens is 354 g/mol. The van der Waals surface area contributed by atoms with E-state index in [4.69, 9.17) is 4.74 Å². The molecule has 0 heterocycles. The van der Waals surface area contributed by atoms with Crippen molar-refractivity contribution in [3.63, 3.8) is 0 Å². The summed E-state index contributed by atoms with van der Waals surface area (Å²) < 4.78 is 34.2. The maximum atomic E-state index is 12.4. The highest BCUT2D eigenvalue weighted by atomic mass is 19.3.